The number of halogens is 9. The molecule has 2 atom stereocenters. The van der Waals surface area contributed by atoms with Gasteiger partial charge in [-0.15, -0.1) is 23.2 Å². The van der Waals surface area contributed by atoms with Crippen LogP contribution in [0.15, 0.2) is 30.3 Å². The second kappa shape index (κ2) is 9.40. The van der Waals surface area contributed by atoms with Crippen LogP contribution in [0.25, 0.3) is 0 Å². The van der Waals surface area contributed by atoms with E-state index in [2.05, 4.69) is 5.32 Å². The lowest BCUT2D eigenvalue weighted by molar-refractivity contribution is -0.133. The maximum absolute atomic E-state index is 12.8. The molecule has 2 aromatic carbocycles. The van der Waals surface area contributed by atoms with Gasteiger partial charge in [-0.2, -0.15) is 13.2 Å². The van der Waals surface area contributed by atoms with Gasteiger partial charge in [-0.05, 0) is 35.9 Å². The number of amides is 1. The normalized spacial score (nSPS) is 19.5. The molecular weight excluding hydrogens is 556 g/mol. The molecule has 1 fully saturated rings. The maximum atomic E-state index is 12.8. The molecule has 1 N–H and O–H groups in total. The summed E-state index contributed by atoms with van der Waals surface area (Å²) < 4.78 is 35.9. The SMILES string of the molecule is O=C(CCC(F)(F)F)c1cc(NC(=O)C2C(c3cc(Cl)cc(Cl)c3)C2(Cl)Cl)cc(Cl)c1Cl. The Morgan fingerprint density at radius 2 is 1.56 bits per heavy atom. The zero-order chi connectivity index (χ0) is 24.0. The molecule has 1 amide bonds. The molecule has 0 bridgehead atoms. The lowest BCUT2D eigenvalue weighted by Gasteiger charge is -2.11. The first-order chi connectivity index (χ1) is 14.7. The number of carbonyl (C=O) groups excluding carboxylic acids is 2. The Labute approximate surface area is 211 Å². The summed E-state index contributed by atoms with van der Waals surface area (Å²) in [5.74, 6) is -2.97. The predicted octanol–water partition coefficient (Wildman–Crippen LogP) is 8.35. The number of nitrogens with one attached hydrogen (secondary N) is 1. The van der Waals surface area contributed by atoms with Crippen molar-refractivity contribution in [1.29, 1.82) is 0 Å². The van der Waals surface area contributed by atoms with Crippen molar-refractivity contribution in [2.24, 2.45) is 5.92 Å². The lowest BCUT2D eigenvalue weighted by Crippen LogP contribution is -2.18. The molecule has 0 saturated heterocycles. The molecule has 12 heteroatoms. The van der Waals surface area contributed by atoms with E-state index >= 15 is 0 Å². The second-order valence-corrected chi connectivity index (χ2v) is 10.3. The molecule has 1 aliphatic carbocycles. The number of hydrogen-bond acceptors (Lipinski definition) is 2. The van der Waals surface area contributed by atoms with Crippen LogP contribution >= 0.6 is 69.6 Å². The number of benzene rings is 2. The van der Waals surface area contributed by atoms with E-state index in [-0.39, 0.29) is 21.3 Å². The molecule has 0 spiro atoms. The Balaban J connectivity index is 1.80. The minimum atomic E-state index is -4.51. The van der Waals surface area contributed by atoms with Crippen molar-refractivity contribution in [2.75, 3.05) is 5.32 Å². The molecule has 3 nitrogen and oxygen atoms in total. The third-order valence-corrected chi connectivity index (χ3v) is 6.99. The summed E-state index contributed by atoms with van der Waals surface area (Å²) in [6.45, 7) is 0. The second-order valence-electron chi connectivity index (χ2n) is 7.18. The minimum absolute atomic E-state index is 0.0543. The van der Waals surface area contributed by atoms with Crippen molar-refractivity contribution in [3.05, 3.63) is 61.5 Å². The van der Waals surface area contributed by atoms with E-state index in [4.69, 9.17) is 69.6 Å². The summed E-state index contributed by atoms with van der Waals surface area (Å²) in [5, 5.41) is 2.89. The number of anilines is 1. The van der Waals surface area contributed by atoms with Crippen LogP contribution in [-0.4, -0.2) is 22.2 Å². The quantitative estimate of drug-likeness (QED) is 0.282. The zero-order valence-corrected chi connectivity index (χ0v) is 20.2. The molecule has 3 rings (SSSR count). The van der Waals surface area contributed by atoms with Gasteiger partial charge in [0.15, 0.2) is 5.78 Å². The van der Waals surface area contributed by atoms with Crippen LogP contribution in [0.4, 0.5) is 18.9 Å². The van der Waals surface area contributed by atoms with Crippen LogP contribution in [0.1, 0.15) is 34.7 Å². The zero-order valence-electron chi connectivity index (χ0n) is 15.7. The van der Waals surface area contributed by atoms with Crippen LogP contribution in [0, 0.1) is 5.92 Å². The van der Waals surface area contributed by atoms with Crippen LogP contribution in [0.5, 0.6) is 0 Å². The number of hydrogen-bond donors (Lipinski definition) is 1. The van der Waals surface area contributed by atoms with Gasteiger partial charge in [0.2, 0.25) is 5.91 Å². The lowest BCUT2D eigenvalue weighted by atomic mass is 10.1. The Kier molecular flexibility index (Phi) is 7.55. The maximum Gasteiger partial charge on any atom is 0.389 e. The number of carbonyl (C=O) groups is 2. The highest BCUT2D eigenvalue weighted by molar-refractivity contribution is 6.53. The first-order valence-corrected chi connectivity index (χ1v) is 11.2. The van der Waals surface area contributed by atoms with Crippen molar-refractivity contribution in [1.82, 2.24) is 0 Å². The third-order valence-electron chi connectivity index (χ3n) is 4.81. The van der Waals surface area contributed by atoms with Crippen LogP contribution in [-0.2, 0) is 4.79 Å². The van der Waals surface area contributed by atoms with Crippen LogP contribution in [0.2, 0.25) is 20.1 Å². The van der Waals surface area contributed by atoms with Crippen LogP contribution in [0.3, 0.4) is 0 Å². The van der Waals surface area contributed by atoms with E-state index < -0.39 is 46.9 Å². The fraction of sp³-hybridized carbons (Fsp3) is 0.300. The fourth-order valence-corrected chi connectivity index (χ4v) is 5.10. The number of Topliss-reactive ketones (excluding diaryl/α,β-unsaturated/α-hetero) is 1. The molecule has 1 aliphatic rings. The molecule has 0 aromatic heterocycles. The predicted molar refractivity (Wildman–Crippen MR) is 122 cm³/mol. The van der Waals surface area contributed by atoms with Gasteiger partial charge in [0, 0.05) is 33.6 Å². The summed E-state index contributed by atoms with van der Waals surface area (Å²) in [6.07, 6.45) is -6.64. The molecule has 2 aromatic rings. The van der Waals surface area contributed by atoms with E-state index in [0.29, 0.717) is 15.6 Å². The molecule has 172 valence electrons. The van der Waals surface area contributed by atoms with E-state index in [1.807, 2.05) is 0 Å². The van der Waals surface area contributed by atoms with Gasteiger partial charge in [0.25, 0.3) is 0 Å². The number of ketones is 1. The van der Waals surface area contributed by atoms with Gasteiger partial charge < -0.3 is 5.32 Å². The Morgan fingerprint density at radius 3 is 2.12 bits per heavy atom. The number of rotatable bonds is 6. The molecule has 0 aliphatic heterocycles. The first kappa shape index (κ1) is 25.7. The van der Waals surface area contributed by atoms with Crippen molar-refractivity contribution >= 4 is 87.0 Å². The van der Waals surface area contributed by atoms with Gasteiger partial charge in [-0.25, -0.2) is 0 Å². The molecule has 0 radical (unpaired) electrons. The van der Waals surface area contributed by atoms with Gasteiger partial charge in [0.05, 0.1) is 22.4 Å². The topological polar surface area (TPSA) is 46.2 Å². The third kappa shape index (κ3) is 5.78. The number of alkyl halides is 5. The first-order valence-electron chi connectivity index (χ1n) is 8.94. The standard InChI is InChI=1S/C20H12Cl6F3NO2/c21-9-3-8(4-10(22)5-9)15-16(20(15,25)26)18(32)30-11-6-12(17(24)13(23)7-11)14(31)1-2-19(27,28)29/h3-7,15-16H,1-2H2,(H,30,32). The molecule has 1 saturated carbocycles. The minimum Gasteiger partial charge on any atom is -0.326 e. The van der Waals surface area contributed by atoms with Crippen molar-refractivity contribution in [3.63, 3.8) is 0 Å². The fourth-order valence-electron chi connectivity index (χ4n) is 3.30. The largest absolute Gasteiger partial charge is 0.389 e. The van der Waals surface area contributed by atoms with Crippen molar-refractivity contribution < 1.29 is 22.8 Å². The Bertz CT molecular complexity index is 1070. The monoisotopic (exact) mass is 565 g/mol. The van der Waals surface area contributed by atoms with E-state index in [9.17, 15) is 22.8 Å². The average Bonchev–Trinajstić information content (AvgIpc) is 3.23. The van der Waals surface area contributed by atoms with E-state index in [1.54, 1.807) is 12.1 Å². The van der Waals surface area contributed by atoms with E-state index in [1.165, 1.54) is 12.1 Å². The molecule has 2 unspecified atom stereocenters. The molecule has 32 heavy (non-hydrogen) atoms. The van der Waals surface area contributed by atoms with Gasteiger partial charge in [-0.1, -0.05) is 46.4 Å². The smallest absolute Gasteiger partial charge is 0.326 e. The van der Waals surface area contributed by atoms with Gasteiger partial charge >= 0.3 is 6.18 Å². The van der Waals surface area contributed by atoms with Gasteiger partial charge in [0.1, 0.15) is 4.33 Å². The Morgan fingerprint density at radius 1 is 0.969 bits per heavy atom. The van der Waals surface area contributed by atoms with Crippen molar-refractivity contribution in [2.45, 2.75) is 29.3 Å². The Hall–Kier alpha value is -0.890. The highest BCUT2D eigenvalue weighted by Gasteiger charge is 2.67. The highest BCUT2D eigenvalue weighted by Crippen LogP contribution is 2.65. The summed E-state index contributed by atoms with van der Waals surface area (Å²) in [4.78, 5) is 25.1. The summed E-state index contributed by atoms with van der Waals surface area (Å²) in [5.41, 5.74) is 0.374. The van der Waals surface area contributed by atoms with E-state index in [0.717, 1.165) is 6.07 Å². The molecule has 0 heterocycles. The molecular formula is C20H12Cl6F3NO2. The summed E-state index contributed by atoms with van der Waals surface area (Å²) in [7, 11) is 0. The van der Waals surface area contributed by atoms with Gasteiger partial charge in [-0.3, -0.25) is 9.59 Å². The van der Waals surface area contributed by atoms with Crippen molar-refractivity contribution in [3.8, 4) is 0 Å². The summed E-state index contributed by atoms with van der Waals surface area (Å²) >= 11 is 36.6. The highest BCUT2D eigenvalue weighted by atomic mass is 35.5. The summed E-state index contributed by atoms with van der Waals surface area (Å²) in [6, 6.07) is 7.10. The van der Waals surface area contributed by atoms with Crippen LogP contribution < -0.4 is 5.32 Å². The average molecular weight is 568 g/mol.